The minimum atomic E-state index is -0.925. The van der Waals surface area contributed by atoms with E-state index in [1.807, 2.05) is 85.8 Å². The Morgan fingerprint density at radius 2 is 1.57 bits per heavy atom. The van der Waals surface area contributed by atoms with Gasteiger partial charge in [-0.3, -0.25) is 0 Å². The highest BCUT2D eigenvalue weighted by Crippen LogP contribution is 2.22. The second kappa shape index (κ2) is 11.4. The van der Waals surface area contributed by atoms with Crippen LogP contribution in [0.2, 0.25) is 0 Å². The van der Waals surface area contributed by atoms with Gasteiger partial charge in [-0.25, -0.2) is 9.59 Å². The molecule has 1 amide bonds. The summed E-state index contributed by atoms with van der Waals surface area (Å²) in [6.45, 7) is 2.05. The van der Waals surface area contributed by atoms with Crippen molar-refractivity contribution in [2.75, 3.05) is 0 Å². The Labute approximate surface area is 208 Å². The van der Waals surface area contributed by atoms with Crippen LogP contribution in [0.25, 0.3) is 11.0 Å². The lowest BCUT2D eigenvalue weighted by atomic mass is 10.1. The first-order valence-electron chi connectivity index (χ1n) is 11.2. The largest absolute Gasteiger partial charge is 0.459 e. The van der Waals surface area contributed by atoms with Crippen molar-refractivity contribution in [3.8, 4) is 0 Å². The molecule has 0 aliphatic carbocycles. The molecule has 0 radical (unpaired) electrons. The Morgan fingerprint density at radius 1 is 0.886 bits per heavy atom. The average Bonchev–Trinajstić information content (AvgIpc) is 2.86. The van der Waals surface area contributed by atoms with Gasteiger partial charge >= 0.3 is 12.1 Å². The van der Waals surface area contributed by atoms with Crippen molar-refractivity contribution in [1.29, 1.82) is 0 Å². The third kappa shape index (κ3) is 6.77. The highest BCUT2D eigenvalue weighted by atomic mass is 32.1. The number of esters is 1. The Kier molecular flexibility index (Phi) is 7.90. The fourth-order valence-electron chi connectivity index (χ4n) is 3.66. The fraction of sp³-hybridized carbons (Fsp3) is 0.179. The van der Waals surface area contributed by atoms with Crippen LogP contribution in [0.15, 0.2) is 89.3 Å². The van der Waals surface area contributed by atoms with Crippen molar-refractivity contribution in [2.45, 2.75) is 32.6 Å². The van der Waals surface area contributed by atoms with Gasteiger partial charge < -0.3 is 19.2 Å². The Morgan fingerprint density at radius 3 is 2.29 bits per heavy atom. The molecule has 1 heterocycles. The zero-order valence-corrected chi connectivity index (χ0v) is 20.0. The van der Waals surface area contributed by atoms with Gasteiger partial charge in [0.1, 0.15) is 24.8 Å². The van der Waals surface area contributed by atoms with Crippen molar-refractivity contribution >= 4 is 35.2 Å². The molecule has 178 valence electrons. The topological polar surface area (TPSA) is 77.8 Å². The number of alkyl carbamates (subject to hydrolysis) is 1. The molecule has 3 aromatic carbocycles. The van der Waals surface area contributed by atoms with Gasteiger partial charge in [-0.2, -0.15) is 0 Å². The molecule has 1 aromatic heterocycles. The number of ether oxygens (including phenoxy) is 2. The lowest BCUT2D eigenvalue weighted by molar-refractivity contribution is -0.147. The number of benzene rings is 3. The number of amides is 1. The predicted octanol–water partition coefficient (Wildman–Crippen LogP) is 6.05. The van der Waals surface area contributed by atoms with Crippen LogP contribution in [-0.2, 0) is 33.9 Å². The zero-order chi connectivity index (χ0) is 24.6. The molecule has 6 nitrogen and oxygen atoms in total. The van der Waals surface area contributed by atoms with Crippen LogP contribution in [0.4, 0.5) is 4.79 Å². The normalized spacial score (nSPS) is 11.6. The maximum atomic E-state index is 13.1. The van der Waals surface area contributed by atoms with Crippen LogP contribution in [0.1, 0.15) is 22.3 Å². The molecule has 4 aromatic rings. The predicted molar refractivity (Wildman–Crippen MR) is 135 cm³/mol. The molecule has 0 saturated carbocycles. The SMILES string of the molecule is Cc1ccc2c(COC(=O)[C@H](Cc3ccccc3)NC(=O)OCc3ccccc3)cc(=S)oc2c1. The maximum Gasteiger partial charge on any atom is 0.408 e. The summed E-state index contributed by atoms with van der Waals surface area (Å²) >= 11 is 5.23. The molecular weight excluding hydrogens is 462 g/mol. The minimum Gasteiger partial charge on any atom is -0.459 e. The van der Waals surface area contributed by atoms with E-state index in [0.29, 0.717) is 10.3 Å². The number of rotatable bonds is 8. The molecule has 1 N–H and O–H groups in total. The van der Waals surface area contributed by atoms with Gasteiger partial charge in [0.05, 0.1) is 0 Å². The zero-order valence-electron chi connectivity index (χ0n) is 19.2. The third-order valence-corrected chi connectivity index (χ3v) is 5.63. The van der Waals surface area contributed by atoms with Crippen LogP contribution in [0, 0.1) is 11.6 Å². The van der Waals surface area contributed by atoms with E-state index < -0.39 is 18.1 Å². The van der Waals surface area contributed by atoms with E-state index in [1.165, 1.54) is 0 Å². The van der Waals surface area contributed by atoms with E-state index >= 15 is 0 Å². The Balaban J connectivity index is 1.46. The summed E-state index contributed by atoms with van der Waals surface area (Å²) in [4.78, 5) is 25.5. The summed E-state index contributed by atoms with van der Waals surface area (Å²) in [5.74, 6) is -0.572. The van der Waals surface area contributed by atoms with Gasteiger partial charge in [-0.05, 0) is 48.0 Å². The summed E-state index contributed by atoms with van der Waals surface area (Å²) in [6, 6.07) is 25.2. The lowest BCUT2D eigenvalue weighted by Crippen LogP contribution is -2.43. The molecule has 0 saturated heterocycles. The molecule has 0 aliphatic heterocycles. The molecular formula is C28H25NO5S. The first kappa shape index (κ1) is 24.2. The van der Waals surface area contributed by atoms with Gasteiger partial charge in [-0.15, -0.1) is 0 Å². The molecule has 0 aliphatic rings. The molecule has 0 unspecified atom stereocenters. The number of hydrogen-bond acceptors (Lipinski definition) is 6. The van der Waals surface area contributed by atoms with Crippen LogP contribution >= 0.6 is 12.2 Å². The highest BCUT2D eigenvalue weighted by molar-refractivity contribution is 7.71. The van der Waals surface area contributed by atoms with E-state index in [2.05, 4.69) is 5.32 Å². The van der Waals surface area contributed by atoms with Gasteiger partial charge in [0.15, 0.2) is 4.71 Å². The second-order valence-corrected chi connectivity index (χ2v) is 8.55. The summed E-state index contributed by atoms with van der Waals surface area (Å²) in [5, 5.41) is 3.46. The van der Waals surface area contributed by atoms with Gasteiger partial charge in [-0.1, -0.05) is 72.8 Å². The van der Waals surface area contributed by atoms with Crippen molar-refractivity contribution in [2.24, 2.45) is 0 Å². The van der Waals surface area contributed by atoms with Crippen LogP contribution in [-0.4, -0.2) is 18.1 Å². The molecule has 7 heteroatoms. The number of aryl methyl sites for hydroxylation is 1. The quantitative estimate of drug-likeness (QED) is 0.241. The van der Waals surface area contributed by atoms with Crippen LogP contribution in [0.3, 0.4) is 0 Å². The fourth-order valence-corrected chi connectivity index (χ4v) is 3.89. The van der Waals surface area contributed by atoms with Gasteiger partial charge in [0, 0.05) is 17.4 Å². The van der Waals surface area contributed by atoms with E-state index in [4.69, 9.17) is 26.1 Å². The van der Waals surface area contributed by atoms with Gasteiger partial charge in [0.2, 0.25) is 0 Å². The minimum absolute atomic E-state index is 0.00950. The van der Waals surface area contributed by atoms with Crippen molar-refractivity contribution in [1.82, 2.24) is 5.32 Å². The average molecular weight is 488 g/mol. The molecule has 35 heavy (non-hydrogen) atoms. The smallest absolute Gasteiger partial charge is 0.408 e. The molecule has 0 spiro atoms. The van der Waals surface area contributed by atoms with Crippen LogP contribution in [0.5, 0.6) is 0 Å². The molecule has 4 rings (SSSR count). The number of carbonyl (C=O) groups is 2. The van der Waals surface area contributed by atoms with E-state index in [0.717, 1.165) is 27.6 Å². The standard InChI is InChI=1S/C28H25NO5S/c1-19-12-13-23-22(16-26(35)34-25(23)14-19)18-32-27(30)24(15-20-8-4-2-5-9-20)29-28(31)33-17-21-10-6-3-7-11-21/h2-14,16,24H,15,17-18H2,1H3,(H,29,31)/t24-/m0/s1. The number of fused-ring (bicyclic) bond motifs is 1. The summed E-state index contributed by atoms with van der Waals surface area (Å²) in [7, 11) is 0. The first-order chi connectivity index (χ1) is 17.0. The second-order valence-electron chi connectivity index (χ2n) is 8.15. The highest BCUT2D eigenvalue weighted by Gasteiger charge is 2.24. The third-order valence-electron chi connectivity index (χ3n) is 5.43. The van der Waals surface area contributed by atoms with E-state index in [-0.39, 0.29) is 19.6 Å². The molecule has 0 fully saturated rings. The number of hydrogen-bond donors (Lipinski definition) is 1. The van der Waals surface area contributed by atoms with Crippen LogP contribution < -0.4 is 5.32 Å². The first-order valence-corrected chi connectivity index (χ1v) is 11.6. The van der Waals surface area contributed by atoms with Crippen molar-refractivity contribution in [3.05, 3.63) is 112 Å². The molecule has 0 bridgehead atoms. The van der Waals surface area contributed by atoms with Gasteiger partial charge in [0.25, 0.3) is 0 Å². The number of carbonyl (C=O) groups excluding carboxylic acids is 2. The summed E-state index contributed by atoms with van der Waals surface area (Å²) < 4.78 is 16.9. The van der Waals surface area contributed by atoms with Crippen molar-refractivity contribution < 1.29 is 23.5 Å². The Hall–Kier alpha value is -3.97. The Bertz CT molecular complexity index is 1370. The van der Waals surface area contributed by atoms with E-state index in [9.17, 15) is 9.59 Å². The summed E-state index contributed by atoms with van der Waals surface area (Å²) in [6.07, 6.45) is -0.435. The lowest BCUT2D eigenvalue weighted by Gasteiger charge is -2.18. The summed E-state index contributed by atoms with van der Waals surface area (Å²) in [5.41, 5.74) is 4.12. The number of nitrogens with one attached hydrogen (secondary N) is 1. The monoisotopic (exact) mass is 487 g/mol. The molecule has 1 atom stereocenters. The van der Waals surface area contributed by atoms with E-state index in [1.54, 1.807) is 6.07 Å². The van der Waals surface area contributed by atoms with Crippen molar-refractivity contribution in [3.63, 3.8) is 0 Å². The maximum absolute atomic E-state index is 13.1.